The molecule has 122 valence electrons. The molecule has 0 spiro atoms. The lowest BCUT2D eigenvalue weighted by Crippen LogP contribution is -2.14. The summed E-state index contributed by atoms with van der Waals surface area (Å²) in [5, 5.41) is 8.61. The highest BCUT2D eigenvalue weighted by Crippen LogP contribution is 2.21. The zero-order valence-corrected chi connectivity index (χ0v) is 15.3. The molecule has 0 saturated carbocycles. The Labute approximate surface area is 152 Å². The molecule has 7 heteroatoms. The predicted molar refractivity (Wildman–Crippen MR) is 101 cm³/mol. The van der Waals surface area contributed by atoms with Crippen molar-refractivity contribution < 1.29 is 4.79 Å². The molecule has 0 radical (unpaired) electrons. The van der Waals surface area contributed by atoms with Gasteiger partial charge in [0, 0.05) is 21.2 Å². The number of pyridine rings is 1. The Morgan fingerprint density at radius 2 is 2.04 bits per heavy atom. The molecule has 0 unspecified atom stereocenters. The lowest BCUT2D eigenvalue weighted by atomic mass is 10.3. The van der Waals surface area contributed by atoms with Crippen LogP contribution >= 0.6 is 27.3 Å². The maximum absolute atomic E-state index is 12.1. The summed E-state index contributed by atoms with van der Waals surface area (Å²) in [7, 11) is 0. The van der Waals surface area contributed by atoms with E-state index in [2.05, 4.69) is 36.5 Å². The van der Waals surface area contributed by atoms with Crippen LogP contribution in [0.3, 0.4) is 0 Å². The van der Waals surface area contributed by atoms with Gasteiger partial charge in [-0.25, -0.2) is 9.97 Å². The highest BCUT2D eigenvalue weighted by Gasteiger charge is 2.09. The topological polar surface area (TPSA) is 66.9 Å². The van der Waals surface area contributed by atoms with E-state index in [-0.39, 0.29) is 12.3 Å². The monoisotopic (exact) mass is 402 g/mol. The average molecular weight is 403 g/mol. The molecule has 3 rings (SSSR count). The Bertz CT molecular complexity index is 865. The van der Waals surface area contributed by atoms with E-state index in [1.54, 1.807) is 0 Å². The van der Waals surface area contributed by atoms with Crippen molar-refractivity contribution in [3.8, 4) is 0 Å². The third-order valence-corrected chi connectivity index (χ3v) is 4.42. The number of nitrogens with one attached hydrogen (secondary N) is 2. The lowest BCUT2D eigenvalue weighted by molar-refractivity contribution is -0.115. The second-order valence-electron chi connectivity index (χ2n) is 5.17. The van der Waals surface area contributed by atoms with Gasteiger partial charge in [0.2, 0.25) is 5.91 Å². The molecule has 1 aromatic carbocycles. The molecule has 0 bridgehead atoms. The van der Waals surface area contributed by atoms with Gasteiger partial charge in [0.25, 0.3) is 0 Å². The van der Waals surface area contributed by atoms with Crippen LogP contribution in [-0.2, 0) is 11.2 Å². The number of carbonyl (C=O) groups excluding carboxylic acids is 1. The molecule has 3 aromatic rings. The zero-order chi connectivity index (χ0) is 16.9. The zero-order valence-electron chi connectivity index (χ0n) is 12.9. The maximum atomic E-state index is 12.1. The van der Waals surface area contributed by atoms with E-state index in [9.17, 15) is 4.79 Å². The van der Waals surface area contributed by atoms with E-state index in [1.807, 2.05) is 54.8 Å². The van der Waals surface area contributed by atoms with Crippen LogP contribution in [0.4, 0.5) is 16.6 Å². The van der Waals surface area contributed by atoms with Gasteiger partial charge in [0.1, 0.15) is 5.82 Å². The normalized spacial score (nSPS) is 10.4. The van der Waals surface area contributed by atoms with E-state index >= 15 is 0 Å². The third-order valence-electron chi connectivity index (χ3n) is 3.13. The lowest BCUT2D eigenvalue weighted by Gasteiger charge is -2.04. The molecule has 0 aliphatic rings. The SMILES string of the molecule is Cc1cccc(Nc2nc(CC(=O)Nc3cccc(Br)c3)cs2)n1. The summed E-state index contributed by atoms with van der Waals surface area (Å²) in [6.07, 6.45) is 0.228. The molecular weight excluding hydrogens is 388 g/mol. The Morgan fingerprint density at radius 3 is 2.83 bits per heavy atom. The van der Waals surface area contributed by atoms with Crippen LogP contribution in [0.2, 0.25) is 0 Å². The minimum atomic E-state index is -0.0985. The number of thiazole rings is 1. The fourth-order valence-corrected chi connectivity index (χ4v) is 3.22. The van der Waals surface area contributed by atoms with Crippen LogP contribution in [0.25, 0.3) is 0 Å². The van der Waals surface area contributed by atoms with Gasteiger partial charge < -0.3 is 10.6 Å². The van der Waals surface area contributed by atoms with Crippen molar-refractivity contribution in [2.75, 3.05) is 10.6 Å². The second-order valence-corrected chi connectivity index (χ2v) is 6.94. The number of rotatable bonds is 5. The predicted octanol–water partition coefficient (Wildman–Crippen LogP) is 4.53. The molecule has 0 aliphatic carbocycles. The summed E-state index contributed by atoms with van der Waals surface area (Å²) in [6, 6.07) is 13.2. The molecule has 1 amide bonds. The number of amides is 1. The number of benzene rings is 1. The standard InChI is InChI=1S/C17H15BrN4OS/c1-11-4-2-7-15(19-11)22-17-21-14(10-24-17)9-16(23)20-13-6-3-5-12(18)8-13/h2-8,10H,9H2,1H3,(H,20,23)(H,19,21,22). The fraction of sp³-hybridized carbons (Fsp3) is 0.118. The van der Waals surface area contributed by atoms with Crippen LogP contribution in [0.5, 0.6) is 0 Å². The number of anilines is 3. The minimum Gasteiger partial charge on any atom is -0.326 e. The molecular formula is C17H15BrN4OS. The molecule has 2 N–H and O–H groups in total. The highest BCUT2D eigenvalue weighted by atomic mass is 79.9. The van der Waals surface area contributed by atoms with E-state index in [4.69, 9.17) is 0 Å². The van der Waals surface area contributed by atoms with Gasteiger partial charge in [0.15, 0.2) is 5.13 Å². The molecule has 0 atom stereocenters. The van der Waals surface area contributed by atoms with Crippen LogP contribution in [0.1, 0.15) is 11.4 Å². The van der Waals surface area contributed by atoms with Crippen LogP contribution in [0, 0.1) is 6.92 Å². The molecule has 0 aliphatic heterocycles. The first-order chi connectivity index (χ1) is 11.6. The Morgan fingerprint density at radius 1 is 1.21 bits per heavy atom. The Kier molecular flexibility index (Phi) is 5.22. The minimum absolute atomic E-state index is 0.0985. The number of hydrogen-bond acceptors (Lipinski definition) is 5. The Hall–Kier alpha value is -2.25. The first-order valence-corrected chi connectivity index (χ1v) is 8.96. The highest BCUT2D eigenvalue weighted by molar-refractivity contribution is 9.10. The van der Waals surface area contributed by atoms with Gasteiger partial charge in [-0.2, -0.15) is 0 Å². The van der Waals surface area contributed by atoms with Crippen molar-refractivity contribution in [2.24, 2.45) is 0 Å². The number of halogens is 1. The first kappa shape index (κ1) is 16.6. The van der Waals surface area contributed by atoms with E-state index < -0.39 is 0 Å². The molecule has 0 saturated heterocycles. The Balaban J connectivity index is 1.60. The van der Waals surface area contributed by atoms with E-state index in [0.29, 0.717) is 0 Å². The van der Waals surface area contributed by atoms with Gasteiger partial charge >= 0.3 is 0 Å². The molecule has 5 nitrogen and oxygen atoms in total. The van der Waals surface area contributed by atoms with Gasteiger partial charge in [-0.3, -0.25) is 4.79 Å². The van der Waals surface area contributed by atoms with Gasteiger partial charge in [-0.15, -0.1) is 11.3 Å². The van der Waals surface area contributed by atoms with Gasteiger partial charge in [-0.1, -0.05) is 28.1 Å². The first-order valence-electron chi connectivity index (χ1n) is 7.29. The molecule has 0 fully saturated rings. The summed E-state index contributed by atoms with van der Waals surface area (Å²) >= 11 is 4.83. The molecule has 24 heavy (non-hydrogen) atoms. The van der Waals surface area contributed by atoms with Gasteiger partial charge in [0.05, 0.1) is 12.1 Å². The van der Waals surface area contributed by atoms with Crippen molar-refractivity contribution in [2.45, 2.75) is 13.3 Å². The second kappa shape index (κ2) is 7.55. The van der Waals surface area contributed by atoms with Crippen LogP contribution in [-0.4, -0.2) is 15.9 Å². The average Bonchev–Trinajstić information content (AvgIpc) is 2.94. The van der Waals surface area contributed by atoms with E-state index in [1.165, 1.54) is 11.3 Å². The van der Waals surface area contributed by atoms with Crippen LogP contribution < -0.4 is 10.6 Å². The maximum Gasteiger partial charge on any atom is 0.230 e. The van der Waals surface area contributed by atoms with Crippen molar-refractivity contribution in [3.63, 3.8) is 0 Å². The van der Waals surface area contributed by atoms with Crippen molar-refractivity contribution in [3.05, 3.63) is 63.7 Å². The van der Waals surface area contributed by atoms with Crippen molar-refractivity contribution in [1.29, 1.82) is 0 Å². The molecule has 2 heterocycles. The number of hydrogen-bond donors (Lipinski definition) is 2. The number of aromatic nitrogens is 2. The number of nitrogens with zero attached hydrogens (tertiary/aromatic N) is 2. The number of carbonyl (C=O) groups is 1. The summed E-state index contributed by atoms with van der Waals surface area (Å²) in [6.45, 7) is 1.94. The summed E-state index contributed by atoms with van der Waals surface area (Å²) < 4.78 is 0.922. The van der Waals surface area contributed by atoms with Crippen molar-refractivity contribution in [1.82, 2.24) is 9.97 Å². The quantitative estimate of drug-likeness (QED) is 0.657. The fourth-order valence-electron chi connectivity index (χ4n) is 2.10. The third kappa shape index (κ3) is 4.62. The van der Waals surface area contributed by atoms with Crippen molar-refractivity contribution >= 4 is 49.8 Å². The van der Waals surface area contributed by atoms with E-state index in [0.717, 1.165) is 32.5 Å². The summed E-state index contributed by atoms with van der Waals surface area (Å²) in [5.41, 5.74) is 2.42. The number of aryl methyl sites for hydroxylation is 1. The summed E-state index contributed by atoms with van der Waals surface area (Å²) in [4.78, 5) is 20.9. The molecule has 2 aromatic heterocycles. The van der Waals surface area contributed by atoms with Gasteiger partial charge in [-0.05, 0) is 37.3 Å². The smallest absolute Gasteiger partial charge is 0.230 e. The summed E-state index contributed by atoms with van der Waals surface area (Å²) in [5.74, 6) is 0.646. The van der Waals surface area contributed by atoms with Crippen LogP contribution in [0.15, 0.2) is 52.3 Å². The largest absolute Gasteiger partial charge is 0.326 e.